The van der Waals surface area contributed by atoms with Crippen LogP contribution in [0.5, 0.6) is 0 Å². The molecule has 96 valence electrons. The Morgan fingerprint density at radius 2 is 2.06 bits per heavy atom. The number of hydrogen-bond donors (Lipinski definition) is 0. The SMILES string of the molecule is CCCCCN(Cc1ccc(Cl)nc1)C(C)C. The summed E-state index contributed by atoms with van der Waals surface area (Å²) >= 11 is 5.79. The fraction of sp³-hybridized carbons (Fsp3) is 0.643. The van der Waals surface area contributed by atoms with Gasteiger partial charge in [-0.25, -0.2) is 4.98 Å². The van der Waals surface area contributed by atoms with Crippen LogP contribution in [0, 0.1) is 0 Å². The number of unbranched alkanes of at least 4 members (excludes halogenated alkanes) is 2. The zero-order chi connectivity index (χ0) is 12.7. The molecule has 17 heavy (non-hydrogen) atoms. The number of rotatable bonds is 7. The highest BCUT2D eigenvalue weighted by Gasteiger charge is 2.09. The topological polar surface area (TPSA) is 16.1 Å². The maximum atomic E-state index is 5.79. The lowest BCUT2D eigenvalue weighted by atomic mass is 10.2. The van der Waals surface area contributed by atoms with Gasteiger partial charge in [-0.2, -0.15) is 0 Å². The minimum atomic E-state index is 0.566. The molecule has 0 atom stereocenters. The minimum absolute atomic E-state index is 0.566. The molecule has 1 aromatic rings. The van der Waals surface area contributed by atoms with Crippen LogP contribution in [-0.2, 0) is 6.54 Å². The van der Waals surface area contributed by atoms with E-state index in [0.29, 0.717) is 11.2 Å². The van der Waals surface area contributed by atoms with Crippen molar-refractivity contribution in [2.45, 2.75) is 52.6 Å². The predicted molar refractivity (Wildman–Crippen MR) is 74.3 cm³/mol. The minimum Gasteiger partial charge on any atom is -0.297 e. The van der Waals surface area contributed by atoms with Crippen molar-refractivity contribution < 1.29 is 0 Å². The van der Waals surface area contributed by atoms with E-state index in [-0.39, 0.29) is 0 Å². The molecule has 1 heterocycles. The molecule has 0 aromatic carbocycles. The second kappa shape index (κ2) is 7.67. The van der Waals surface area contributed by atoms with Crippen LogP contribution in [0.1, 0.15) is 45.6 Å². The molecule has 1 rings (SSSR count). The van der Waals surface area contributed by atoms with E-state index in [2.05, 4.69) is 36.7 Å². The molecule has 0 aliphatic rings. The van der Waals surface area contributed by atoms with Crippen molar-refractivity contribution in [3.05, 3.63) is 29.0 Å². The Hall–Kier alpha value is -0.600. The summed E-state index contributed by atoms with van der Waals surface area (Å²) in [4.78, 5) is 6.61. The van der Waals surface area contributed by atoms with E-state index < -0.39 is 0 Å². The molecule has 0 fully saturated rings. The van der Waals surface area contributed by atoms with Crippen LogP contribution in [0.4, 0.5) is 0 Å². The molecule has 0 aliphatic heterocycles. The first-order valence-electron chi connectivity index (χ1n) is 6.48. The molecule has 0 saturated carbocycles. The number of halogens is 1. The molecule has 3 heteroatoms. The van der Waals surface area contributed by atoms with Gasteiger partial charge in [0.2, 0.25) is 0 Å². The second-order valence-corrected chi connectivity index (χ2v) is 5.15. The standard InChI is InChI=1S/C14H23ClN2/c1-4-5-6-9-17(12(2)3)11-13-7-8-14(15)16-10-13/h7-8,10,12H,4-6,9,11H2,1-3H3. The zero-order valence-electron chi connectivity index (χ0n) is 11.1. The number of hydrogen-bond acceptors (Lipinski definition) is 2. The summed E-state index contributed by atoms with van der Waals surface area (Å²) in [6.45, 7) is 8.85. The molecule has 0 bridgehead atoms. The van der Waals surface area contributed by atoms with Gasteiger partial charge in [-0.1, -0.05) is 37.4 Å². The lowest BCUT2D eigenvalue weighted by Crippen LogP contribution is -2.31. The summed E-state index contributed by atoms with van der Waals surface area (Å²) in [5.74, 6) is 0. The van der Waals surface area contributed by atoms with Crippen molar-refractivity contribution in [3.8, 4) is 0 Å². The van der Waals surface area contributed by atoms with E-state index >= 15 is 0 Å². The van der Waals surface area contributed by atoms with Gasteiger partial charge in [0, 0.05) is 18.8 Å². The lowest BCUT2D eigenvalue weighted by Gasteiger charge is -2.26. The summed E-state index contributed by atoms with van der Waals surface area (Å²) in [7, 11) is 0. The van der Waals surface area contributed by atoms with Crippen molar-refractivity contribution in [1.82, 2.24) is 9.88 Å². The highest BCUT2D eigenvalue weighted by Crippen LogP contribution is 2.11. The first kappa shape index (κ1) is 14.5. The monoisotopic (exact) mass is 254 g/mol. The van der Waals surface area contributed by atoms with Crippen LogP contribution in [-0.4, -0.2) is 22.5 Å². The first-order valence-corrected chi connectivity index (χ1v) is 6.85. The van der Waals surface area contributed by atoms with Gasteiger partial charge in [-0.15, -0.1) is 0 Å². The molecule has 2 nitrogen and oxygen atoms in total. The molecule has 0 unspecified atom stereocenters. The molecule has 0 N–H and O–H groups in total. The van der Waals surface area contributed by atoms with Crippen molar-refractivity contribution >= 4 is 11.6 Å². The summed E-state index contributed by atoms with van der Waals surface area (Å²) in [5, 5.41) is 0.566. The third kappa shape index (κ3) is 5.51. The molecule has 0 amide bonds. The second-order valence-electron chi connectivity index (χ2n) is 4.76. The highest BCUT2D eigenvalue weighted by molar-refractivity contribution is 6.29. The normalized spacial score (nSPS) is 11.4. The maximum Gasteiger partial charge on any atom is 0.129 e. The molecule has 0 aliphatic carbocycles. The van der Waals surface area contributed by atoms with Crippen molar-refractivity contribution in [2.24, 2.45) is 0 Å². The van der Waals surface area contributed by atoms with Gasteiger partial charge in [0.15, 0.2) is 0 Å². The maximum absolute atomic E-state index is 5.79. The van der Waals surface area contributed by atoms with Gasteiger partial charge in [0.1, 0.15) is 5.15 Å². The Morgan fingerprint density at radius 3 is 2.59 bits per heavy atom. The van der Waals surface area contributed by atoms with Gasteiger partial charge < -0.3 is 0 Å². The molecule has 1 aromatic heterocycles. The fourth-order valence-electron chi connectivity index (χ4n) is 1.82. The van der Waals surface area contributed by atoms with E-state index in [1.165, 1.54) is 24.8 Å². The van der Waals surface area contributed by atoms with E-state index in [0.717, 1.165) is 13.1 Å². The van der Waals surface area contributed by atoms with Gasteiger partial charge in [0.25, 0.3) is 0 Å². The molecular formula is C14H23ClN2. The quantitative estimate of drug-likeness (QED) is 0.537. The summed E-state index contributed by atoms with van der Waals surface area (Å²) in [6.07, 6.45) is 5.73. The predicted octanol–water partition coefficient (Wildman–Crippen LogP) is 4.14. The van der Waals surface area contributed by atoms with Gasteiger partial charge in [-0.05, 0) is 38.4 Å². The average molecular weight is 255 g/mol. The largest absolute Gasteiger partial charge is 0.297 e. The van der Waals surface area contributed by atoms with Crippen molar-refractivity contribution in [1.29, 1.82) is 0 Å². The first-order chi connectivity index (χ1) is 8.13. The van der Waals surface area contributed by atoms with E-state index in [4.69, 9.17) is 11.6 Å². The van der Waals surface area contributed by atoms with Crippen LogP contribution in [0.15, 0.2) is 18.3 Å². The van der Waals surface area contributed by atoms with Crippen molar-refractivity contribution in [2.75, 3.05) is 6.54 Å². The van der Waals surface area contributed by atoms with Crippen LogP contribution >= 0.6 is 11.6 Å². The van der Waals surface area contributed by atoms with Crippen LogP contribution in [0.3, 0.4) is 0 Å². The Balaban J connectivity index is 2.51. The number of pyridine rings is 1. The molecular weight excluding hydrogens is 232 g/mol. The molecule has 0 saturated heterocycles. The smallest absolute Gasteiger partial charge is 0.129 e. The molecule has 0 spiro atoms. The van der Waals surface area contributed by atoms with Crippen LogP contribution in [0.2, 0.25) is 5.15 Å². The lowest BCUT2D eigenvalue weighted by molar-refractivity contribution is 0.208. The number of aromatic nitrogens is 1. The fourth-order valence-corrected chi connectivity index (χ4v) is 1.93. The van der Waals surface area contributed by atoms with Crippen LogP contribution < -0.4 is 0 Å². The van der Waals surface area contributed by atoms with Crippen LogP contribution in [0.25, 0.3) is 0 Å². The Morgan fingerprint density at radius 1 is 1.29 bits per heavy atom. The van der Waals surface area contributed by atoms with E-state index in [1.54, 1.807) is 0 Å². The van der Waals surface area contributed by atoms with Gasteiger partial charge in [-0.3, -0.25) is 4.90 Å². The third-order valence-electron chi connectivity index (χ3n) is 2.95. The molecule has 0 radical (unpaired) electrons. The van der Waals surface area contributed by atoms with Gasteiger partial charge >= 0.3 is 0 Å². The highest BCUT2D eigenvalue weighted by atomic mass is 35.5. The number of nitrogens with zero attached hydrogens (tertiary/aromatic N) is 2. The third-order valence-corrected chi connectivity index (χ3v) is 3.18. The average Bonchev–Trinajstić information content (AvgIpc) is 2.30. The summed E-state index contributed by atoms with van der Waals surface area (Å²) < 4.78 is 0. The van der Waals surface area contributed by atoms with Gasteiger partial charge in [0.05, 0.1) is 0 Å². The van der Waals surface area contributed by atoms with E-state index in [1.807, 2.05) is 12.3 Å². The summed E-state index contributed by atoms with van der Waals surface area (Å²) in [6, 6.07) is 4.49. The Labute approximate surface area is 110 Å². The van der Waals surface area contributed by atoms with E-state index in [9.17, 15) is 0 Å². The Bertz CT molecular complexity index is 309. The van der Waals surface area contributed by atoms with Crippen molar-refractivity contribution in [3.63, 3.8) is 0 Å². The summed E-state index contributed by atoms with van der Waals surface area (Å²) in [5.41, 5.74) is 1.24. The zero-order valence-corrected chi connectivity index (χ0v) is 11.9. The Kier molecular flexibility index (Phi) is 6.53.